The first-order valence-corrected chi connectivity index (χ1v) is 7.53. The number of benzene rings is 2. The van der Waals surface area contributed by atoms with Crippen molar-refractivity contribution < 1.29 is 13.9 Å². The van der Waals surface area contributed by atoms with E-state index in [1.165, 1.54) is 35.4 Å². The summed E-state index contributed by atoms with van der Waals surface area (Å²) in [5.74, 6) is -0.335. The fourth-order valence-electron chi connectivity index (χ4n) is 2.95. The van der Waals surface area contributed by atoms with Crippen LogP contribution in [0.15, 0.2) is 48.5 Å². The Morgan fingerprint density at radius 2 is 1.74 bits per heavy atom. The van der Waals surface area contributed by atoms with Crippen molar-refractivity contribution in [2.24, 2.45) is 0 Å². The van der Waals surface area contributed by atoms with Crippen molar-refractivity contribution in [3.63, 3.8) is 0 Å². The maximum absolute atomic E-state index is 12.9. The minimum absolute atomic E-state index is 0.330. The van der Waals surface area contributed by atoms with Gasteiger partial charge in [-0.2, -0.15) is 0 Å². The summed E-state index contributed by atoms with van der Waals surface area (Å²) in [6, 6.07) is 13.5. The molecule has 23 heavy (non-hydrogen) atoms. The quantitative estimate of drug-likeness (QED) is 0.911. The first-order valence-electron chi connectivity index (χ1n) is 7.53. The zero-order chi connectivity index (χ0) is 16.3. The van der Waals surface area contributed by atoms with Crippen LogP contribution in [0.4, 0.5) is 14.9 Å². The van der Waals surface area contributed by atoms with E-state index in [0.717, 1.165) is 12.8 Å². The van der Waals surface area contributed by atoms with E-state index >= 15 is 0 Å². The summed E-state index contributed by atoms with van der Waals surface area (Å²) < 4.78 is 18.6. The molecular formula is C18H19FN2O2. The van der Waals surface area contributed by atoms with E-state index in [1.807, 2.05) is 12.1 Å². The third kappa shape index (κ3) is 3.51. The van der Waals surface area contributed by atoms with Gasteiger partial charge in [-0.25, -0.2) is 9.18 Å². The zero-order valence-corrected chi connectivity index (χ0v) is 12.9. The Labute approximate surface area is 134 Å². The molecule has 0 aromatic heterocycles. The van der Waals surface area contributed by atoms with Crippen LogP contribution >= 0.6 is 0 Å². The first kappa shape index (κ1) is 15.5. The highest BCUT2D eigenvalue weighted by Gasteiger charge is 2.37. The lowest BCUT2D eigenvalue weighted by molar-refractivity contribution is 0.00208. The Balaban J connectivity index is 1.59. The predicted octanol–water partition coefficient (Wildman–Crippen LogP) is 3.13. The van der Waals surface area contributed by atoms with E-state index in [2.05, 4.69) is 22.8 Å². The average Bonchev–Trinajstić information content (AvgIpc) is 2.94. The lowest BCUT2D eigenvalue weighted by atomic mass is 10.0. The van der Waals surface area contributed by atoms with E-state index in [1.54, 1.807) is 7.11 Å². The number of fused-ring (bicyclic) bond motifs is 1. The Morgan fingerprint density at radius 3 is 2.30 bits per heavy atom. The Hall–Kier alpha value is -2.40. The number of rotatable bonds is 4. The molecule has 4 nitrogen and oxygen atoms in total. The number of nitrogens with one attached hydrogen (secondary N) is 2. The maximum Gasteiger partial charge on any atom is 0.319 e. The van der Waals surface area contributed by atoms with Crippen molar-refractivity contribution in [1.82, 2.24) is 5.32 Å². The predicted molar refractivity (Wildman–Crippen MR) is 87.0 cm³/mol. The van der Waals surface area contributed by atoms with Crippen molar-refractivity contribution in [3.8, 4) is 0 Å². The fraction of sp³-hybridized carbons (Fsp3) is 0.278. The third-order valence-corrected chi connectivity index (χ3v) is 4.25. The van der Waals surface area contributed by atoms with Crippen LogP contribution in [0.3, 0.4) is 0 Å². The number of anilines is 1. The summed E-state index contributed by atoms with van der Waals surface area (Å²) in [6.45, 7) is 0.408. The van der Waals surface area contributed by atoms with Gasteiger partial charge in [0, 0.05) is 32.2 Å². The van der Waals surface area contributed by atoms with Crippen molar-refractivity contribution in [2.75, 3.05) is 19.0 Å². The molecule has 0 saturated carbocycles. The molecule has 0 spiro atoms. The zero-order valence-electron chi connectivity index (χ0n) is 12.9. The molecule has 0 bridgehead atoms. The molecule has 120 valence electrons. The first-order chi connectivity index (χ1) is 11.1. The summed E-state index contributed by atoms with van der Waals surface area (Å²) in [6.07, 6.45) is 1.55. The van der Waals surface area contributed by atoms with Gasteiger partial charge in [0.2, 0.25) is 0 Å². The molecule has 2 aromatic rings. The molecule has 3 rings (SSSR count). The van der Waals surface area contributed by atoms with Crippen LogP contribution in [0.1, 0.15) is 11.1 Å². The lowest BCUT2D eigenvalue weighted by Crippen LogP contribution is -2.46. The van der Waals surface area contributed by atoms with E-state index in [0.29, 0.717) is 12.2 Å². The molecule has 1 aliphatic carbocycles. The van der Waals surface area contributed by atoms with Crippen molar-refractivity contribution >= 4 is 11.7 Å². The number of methoxy groups -OCH3 is 1. The molecule has 1 aliphatic rings. The second-order valence-electron chi connectivity index (χ2n) is 5.82. The van der Waals surface area contributed by atoms with E-state index < -0.39 is 5.60 Å². The number of hydrogen-bond donors (Lipinski definition) is 2. The second-order valence-corrected chi connectivity index (χ2v) is 5.82. The lowest BCUT2D eigenvalue weighted by Gasteiger charge is -2.27. The van der Waals surface area contributed by atoms with Crippen LogP contribution in [0.2, 0.25) is 0 Å². The highest BCUT2D eigenvalue weighted by atomic mass is 19.1. The Morgan fingerprint density at radius 1 is 1.13 bits per heavy atom. The number of amides is 2. The fourth-order valence-corrected chi connectivity index (χ4v) is 2.95. The summed E-state index contributed by atoms with van der Waals surface area (Å²) in [7, 11) is 1.67. The van der Waals surface area contributed by atoms with Gasteiger partial charge in [0.25, 0.3) is 0 Å². The standard InChI is InChI=1S/C18H19FN2O2/c1-23-18(10-13-4-2-3-5-14(13)11-18)12-20-17(22)21-16-8-6-15(19)7-9-16/h2-9H,10-12H2,1H3,(H2,20,21,22). The molecule has 2 aromatic carbocycles. The van der Waals surface area contributed by atoms with Gasteiger partial charge < -0.3 is 15.4 Å². The second kappa shape index (κ2) is 6.38. The summed E-state index contributed by atoms with van der Waals surface area (Å²) >= 11 is 0. The van der Waals surface area contributed by atoms with Gasteiger partial charge in [-0.15, -0.1) is 0 Å². The van der Waals surface area contributed by atoms with Crippen LogP contribution in [0.25, 0.3) is 0 Å². The molecule has 0 unspecified atom stereocenters. The average molecular weight is 314 g/mol. The minimum atomic E-state index is -0.413. The molecule has 0 aliphatic heterocycles. The number of urea groups is 1. The van der Waals surface area contributed by atoms with Gasteiger partial charge in [0.15, 0.2) is 0 Å². The van der Waals surface area contributed by atoms with E-state index in [9.17, 15) is 9.18 Å². The van der Waals surface area contributed by atoms with Crippen LogP contribution in [0, 0.1) is 5.82 Å². The monoisotopic (exact) mass is 314 g/mol. The largest absolute Gasteiger partial charge is 0.376 e. The summed E-state index contributed by atoms with van der Waals surface area (Å²) in [5.41, 5.74) is 2.65. The maximum atomic E-state index is 12.9. The number of halogens is 1. The Bertz CT molecular complexity index is 675. The molecule has 2 amide bonds. The smallest absolute Gasteiger partial charge is 0.319 e. The molecule has 0 heterocycles. The third-order valence-electron chi connectivity index (χ3n) is 4.25. The van der Waals surface area contributed by atoms with Crippen molar-refractivity contribution in [3.05, 3.63) is 65.5 Å². The summed E-state index contributed by atoms with van der Waals surface area (Å²) in [4.78, 5) is 12.0. The highest BCUT2D eigenvalue weighted by Crippen LogP contribution is 2.32. The van der Waals surface area contributed by atoms with E-state index in [4.69, 9.17) is 4.74 Å². The van der Waals surface area contributed by atoms with Crippen LogP contribution < -0.4 is 10.6 Å². The van der Waals surface area contributed by atoms with Crippen LogP contribution in [-0.4, -0.2) is 25.3 Å². The van der Waals surface area contributed by atoms with Gasteiger partial charge >= 0.3 is 6.03 Å². The molecular weight excluding hydrogens is 295 g/mol. The number of carbonyl (C=O) groups is 1. The Kier molecular flexibility index (Phi) is 4.30. The summed E-state index contributed by atoms with van der Waals surface area (Å²) in [5, 5.41) is 5.53. The normalized spacial score (nSPS) is 15.0. The van der Waals surface area contributed by atoms with Gasteiger partial charge in [-0.1, -0.05) is 24.3 Å². The van der Waals surface area contributed by atoms with Crippen LogP contribution in [-0.2, 0) is 17.6 Å². The molecule has 2 N–H and O–H groups in total. The molecule has 0 saturated heterocycles. The highest BCUT2D eigenvalue weighted by molar-refractivity contribution is 5.89. The number of hydrogen-bond acceptors (Lipinski definition) is 2. The van der Waals surface area contributed by atoms with Crippen molar-refractivity contribution in [2.45, 2.75) is 18.4 Å². The minimum Gasteiger partial charge on any atom is -0.376 e. The number of ether oxygens (including phenoxy) is 1. The number of carbonyl (C=O) groups excluding carboxylic acids is 1. The van der Waals surface area contributed by atoms with Crippen LogP contribution in [0.5, 0.6) is 0 Å². The van der Waals surface area contributed by atoms with Gasteiger partial charge in [0.05, 0.1) is 5.60 Å². The topological polar surface area (TPSA) is 50.4 Å². The van der Waals surface area contributed by atoms with Crippen molar-refractivity contribution in [1.29, 1.82) is 0 Å². The molecule has 0 fully saturated rings. The van der Waals surface area contributed by atoms with Gasteiger partial charge in [-0.3, -0.25) is 0 Å². The van der Waals surface area contributed by atoms with Gasteiger partial charge in [0.1, 0.15) is 5.82 Å². The SMILES string of the molecule is COC1(CNC(=O)Nc2ccc(F)cc2)Cc2ccccc2C1. The van der Waals surface area contributed by atoms with E-state index in [-0.39, 0.29) is 11.8 Å². The molecule has 5 heteroatoms. The van der Waals surface area contributed by atoms with Gasteiger partial charge in [-0.05, 0) is 35.4 Å². The molecule has 0 atom stereocenters. The molecule has 0 radical (unpaired) electrons.